The number of rotatable bonds is 10. The quantitative estimate of drug-likeness (QED) is 0.271. The van der Waals surface area contributed by atoms with Gasteiger partial charge in [0.05, 0.1) is 17.7 Å². The molecule has 3 aromatic carbocycles. The number of amides is 2. The first-order valence-electron chi connectivity index (χ1n) is 11.5. The third-order valence-corrected chi connectivity index (χ3v) is 8.06. The Morgan fingerprint density at radius 1 is 1.05 bits per heavy atom. The van der Waals surface area contributed by atoms with Crippen molar-refractivity contribution >= 4 is 49.7 Å². The molecule has 0 saturated heterocycles. The minimum absolute atomic E-state index is 0.000237. The van der Waals surface area contributed by atoms with E-state index in [0.717, 1.165) is 9.87 Å². The van der Waals surface area contributed by atoms with Crippen LogP contribution < -0.4 is 20.2 Å². The molecule has 38 heavy (non-hydrogen) atoms. The van der Waals surface area contributed by atoms with E-state index in [-0.39, 0.29) is 24.1 Å². The Balaban J connectivity index is 1.48. The molecule has 0 saturated carbocycles. The molecule has 1 aliphatic heterocycles. The second-order valence-electron chi connectivity index (χ2n) is 8.30. The molecule has 1 heterocycles. The molecule has 0 unspecified atom stereocenters. The summed E-state index contributed by atoms with van der Waals surface area (Å²) in [6.07, 6.45) is 1.83. The molecule has 0 aliphatic carbocycles. The molecular formula is C26H25BrN4O6S. The molecule has 0 fully saturated rings. The Kier molecular flexibility index (Phi) is 8.77. The van der Waals surface area contributed by atoms with E-state index < -0.39 is 22.5 Å². The van der Waals surface area contributed by atoms with Gasteiger partial charge in [-0.1, -0.05) is 30.3 Å². The van der Waals surface area contributed by atoms with Crippen molar-refractivity contribution in [3.05, 3.63) is 82.3 Å². The summed E-state index contributed by atoms with van der Waals surface area (Å²) in [4.78, 5) is 24.0. The molecule has 0 atom stereocenters. The van der Waals surface area contributed by atoms with Gasteiger partial charge in [0, 0.05) is 29.2 Å². The van der Waals surface area contributed by atoms with Gasteiger partial charge in [-0.3, -0.25) is 9.59 Å². The average Bonchev–Trinajstić information content (AvgIpc) is 3.34. The van der Waals surface area contributed by atoms with Crippen LogP contribution >= 0.6 is 15.9 Å². The lowest BCUT2D eigenvalue weighted by molar-refractivity contribution is -0.121. The van der Waals surface area contributed by atoms with Crippen molar-refractivity contribution in [2.24, 2.45) is 5.10 Å². The second kappa shape index (κ2) is 12.2. The van der Waals surface area contributed by atoms with E-state index in [2.05, 4.69) is 31.8 Å². The van der Waals surface area contributed by atoms with Crippen molar-refractivity contribution in [1.29, 1.82) is 0 Å². The zero-order valence-electron chi connectivity index (χ0n) is 20.4. The number of benzene rings is 3. The highest BCUT2D eigenvalue weighted by Gasteiger charge is 2.26. The molecule has 4 rings (SSSR count). The van der Waals surface area contributed by atoms with Gasteiger partial charge in [-0.25, -0.2) is 13.8 Å². The van der Waals surface area contributed by atoms with Crippen LogP contribution in [-0.2, 0) is 26.0 Å². The molecule has 0 radical (unpaired) electrons. The molecule has 0 bridgehead atoms. The summed E-state index contributed by atoms with van der Waals surface area (Å²) >= 11 is 3.42. The number of nitrogens with one attached hydrogen (secondary N) is 2. The Labute approximate surface area is 228 Å². The average molecular weight is 601 g/mol. The van der Waals surface area contributed by atoms with Crippen LogP contribution in [-0.4, -0.2) is 50.6 Å². The van der Waals surface area contributed by atoms with Gasteiger partial charge in [0.1, 0.15) is 0 Å². The molecule has 0 spiro atoms. The van der Waals surface area contributed by atoms with Gasteiger partial charge in [0.2, 0.25) is 22.7 Å². The van der Waals surface area contributed by atoms with Crippen molar-refractivity contribution in [1.82, 2.24) is 9.73 Å². The van der Waals surface area contributed by atoms with E-state index in [1.807, 2.05) is 30.3 Å². The summed E-state index contributed by atoms with van der Waals surface area (Å²) in [5.74, 6) is 0.283. The topological polar surface area (TPSA) is 126 Å². The summed E-state index contributed by atoms with van der Waals surface area (Å²) in [5, 5.41) is 6.58. The zero-order chi connectivity index (χ0) is 27.1. The molecule has 2 N–H and O–H groups in total. The lowest BCUT2D eigenvalue weighted by atomic mass is 10.1. The van der Waals surface area contributed by atoms with E-state index >= 15 is 0 Å². The molecule has 1 aliphatic rings. The van der Waals surface area contributed by atoms with Crippen LogP contribution in [0.5, 0.6) is 11.5 Å². The van der Waals surface area contributed by atoms with Gasteiger partial charge in [-0.05, 0) is 64.3 Å². The lowest BCUT2D eigenvalue weighted by Crippen LogP contribution is -2.40. The third kappa shape index (κ3) is 6.97. The fraction of sp³-hybridized carbons (Fsp3) is 0.192. The number of nitrogens with zero attached hydrogens (tertiary/aromatic N) is 2. The highest BCUT2D eigenvalue weighted by Crippen LogP contribution is 2.36. The fourth-order valence-corrected chi connectivity index (χ4v) is 5.47. The summed E-state index contributed by atoms with van der Waals surface area (Å²) in [6.45, 7) is 1.12. The number of ether oxygens (including phenoxy) is 2. The number of sulfonamides is 1. The number of hydrazone groups is 1. The van der Waals surface area contributed by atoms with Crippen molar-refractivity contribution in [3.63, 3.8) is 0 Å². The van der Waals surface area contributed by atoms with Gasteiger partial charge in [-0.2, -0.15) is 9.41 Å². The van der Waals surface area contributed by atoms with Crippen molar-refractivity contribution in [3.8, 4) is 11.5 Å². The van der Waals surface area contributed by atoms with Crippen LogP contribution in [0.1, 0.15) is 18.1 Å². The first kappa shape index (κ1) is 27.3. The standard InChI is InChI=1S/C26H25BrN4O6S/c1-18(32)29-21-7-9-22(10-8-21)38(34,35)31(12-11-19-5-3-2-4-6-19)16-26(33)30-28-15-20-13-24-25(14-23(20)27)37-17-36-24/h2-10,13-15H,11-12,16-17H2,1H3,(H,29,32)(H,30,33)/b28-15-. The Hall–Kier alpha value is -3.74. The van der Waals surface area contributed by atoms with Crippen LogP contribution in [0.3, 0.4) is 0 Å². The highest BCUT2D eigenvalue weighted by atomic mass is 79.9. The van der Waals surface area contributed by atoms with Gasteiger partial charge in [0.25, 0.3) is 5.91 Å². The minimum Gasteiger partial charge on any atom is -0.454 e. The van der Waals surface area contributed by atoms with Crippen LogP contribution in [0.2, 0.25) is 0 Å². The smallest absolute Gasteiger partial charge is 0.255 e. The number of hydrogen-bond donors (Lipinski definition) is 2. The fourth-order valence-electron chi connectivity index (χ4n) is 3.65. The van der Waals surface area contributed by atoms with Gasteiger partial charge in [-0.15, -0.1) is 0 Å². The minimum atomic E-state index is -4.03. The van der Waals surface area contributed by atoms with E-state index in [1.54, 1.807) is 12.1 Å². The predicted molar refractivity (Wildman–Crippen MR) is 146 cm³/mol. The maximum Gasteiger partial charge on any atom is 0.255 e. The van der Waals surface area contributed by atoms with Crippen molar-refractivity contribution in [2.75, 3.05) is 25.2 Å². The first-order chi connectivity index (χ1) is 18.2. The van der Waals surface area contributed by atoms with Gasteiger partial charge < -0.3 is 14.8 Å². The SMILES string of the molecule is CC(=O)Nc1ccc(S(=O)(=O)N(CCc2ccccc2)CC(=O)N/N=C\c2cc3c(cc2Br)OCO3)cc1. The number of anilines is 1. The first-order valence-corrected chi connectivity index (χ1v) is 13.8. The maximum atomic E-state index is 13.5. The van der Waals surface area contributed by atoms with E-state index in [0.29, 0.717) is 33.6 Å². The normalized spacial score (nSPS) is 12.6. The molecule has 3 aromatic rings. The Morgan fingerprint density at radius 2 is 1.74 bits per heavy atom. The third-order valence-electron chi connectivity index (χ3n) is 5.51. The molecular weight excluding hydrogens is 576 g/mol. The predicted octanol–water partition coefficient (Wildman–Crippen LogP) is 3.52. The zero-order valence-corrected chi connectivity index (χ0v) is 22.8. The van der Waals surface area contributed by atoms with Crippen LogP contribution in [0.4, 0.5) is 5.69 Å². The molecule has 2 amide bonds. The summed E-state index contributed by atoms with van der Waals surface area (Å²) < 4.78 is 39.4. The monoisotopic (exact) mass is 600 g/mol. The highest BCUT2D eigenvalue weighted by molar-refractivity contribution is 9.10. The lowest BCUT2D eigenvalue weighted by Gasteiger charge is -2.21. The molecule has 198 valence electrons. The summed E-state index contributed by atoms with van der Waals surface area (Å²) in [5.41, 5.74) is 4.43. The van der Waals surface area contributed by atoms with E-state index in [4.69, 9.17) is 9.47 Å². The molecule has 12 heteroatoms. The molecule has 10 nitrogen and oxygen atoms in total. The van der Waals surface area contributed by atoms with Crippen LogP contribution in [0.25, 0.3) is 0 Å². The Morgan fingerprint density at radius 3 is 2.42 bits per heavy atom. The van der Waals surface area contributed by atoms with Gasteiger partial charge in [0.15, 0.2) is 11.5 Å². The molecule has 0 aromatic heterocycles. The van der Waals surface area contributed by atoms with E-state index in [9.17, 15) is 18.0 Å². The van der Waals surface area contributed by atoms with Crippen LogP contribution in [0.15, 0.2) is 81.2 Å². The summed E-state index contributed by atoms with van der Waals surface area (Å²) in [7, 11) is -4.03. The number of fused-ring (bicyclic) bond motifs is 1. The van der Waals surface area contributed by atoms with Crippen molar-refractivity contribution < 1.29 is 27.5 Å². The summed E-state index contributed by atoms with van der Waals surface area (Å²) in [6, 6.07) is 18.6. The number of carbonyl (C=O) groups is 2. The number of halogens is 1. The van der Waals surface area contributed by atoms with Gasteiger partial charge >= 0.3 is 0 Å². The number of hydrogen-bond acceptors (Lipinski definition) is 7. The maximum absolute atomic E-state index is 13.5. The number of carbonyl (C=O) groups excluding carboxylic acids is 2. The Bertz CT molecular complexity index is 1450. The second-order valence-corrected chi connectivity index (χ2v) is 11.1. The van der Waals surface area contributed by atoms with Crippen LogP contribution in [0, 0.1) is 0 Å². The largest absolute Gasteiger partial charge is 0.454 e. The van der Waals surface area contributed by atoms with E-state index in [1.165, 1.54) is 37.4 Å². The van der Waals surface area contributed by atoms with Crippen molar-refractivity contribution in [2.45, 2.75) is 18.2 Å².